The number of halogens is 2. The van der Waals surface area contributed by atoms with E-state index in [-0.39, 0.29) is 23.8 Å². The van der Waals surface area contributed by atoms with Gasteiger partial charge in [-0.1, -0.05) is 13.8 Å². The molecule has 1 atom stereocenters. The summed E-state index contributed by atoms with van der Waals surface area (Å²) >= 11 is 0. The topological polar surface area (TPSA) is 111 Å². The van der Waals surface area contributed by atoms with E-state index in [1.807, 2.05) is 0 Å². The quantitative estimate of drug-likeness (QED) is 0.382. The molecule has 2 N–H and O–H groups in total. The van der Waals surface area contributed by atoms with Crippen LogP contribution in [0.1, 0.15) is 26.3 Å². The van der Waals surface area contributed by atoms with Crippen LogP contribution in [0.3, 0.4) is 0 Å². The number of nitro groups is 1. The highest BCUT2D eigenvalue weighted by Gasteiger charge is 2.25. The third-order valence-corrected chi connectivity index (χ3v) is 4.00. The van der Waals surface area contributed by atoms with Crippen LogP contribution in [0.15, 0.2) is 18.2 Å². The van der Waals surface area contributed by atoms with Crippen molar-refractivity contribution in [2.75, 3.05) is 13.7 Å². The maximum atomic E-state index is 12.4. The van der Waals surface area contributed by atoms with Crippen molar-refractivity contribution >= 4 is 17.7 Å². The van der Waals surface area contributed by atoms with E-state index in [9.17, 15) is 28.8 Å². The van der Waals surface area contributed by atoms with Crippen molar-refractivity contribution in [2.45, 2.75) is 33.0 Å². The van der Waals surface area contributed by atoms with Crippen molar-refractivity contribution in [2.24, 2.45) is 5.92 Å². The van der Waals surface area contributed by atoms with Gasteiger partial charge >= 0.3 is 6.61 Å². The van der Waals surface area contributed by atoms with Crippen LogP contribution >= 0.6 is 0 Å². The number of hydrogen-bond acceptors (Lipinski definition) is 6. The Kier molecular flexibility index (Phi) is 7.65. The first kappa shape index (κ1) is 22.3. The van der Waals surface area contributed by atoms with Crippen LogP contribution in [0.5, 0.6) is 11.5 Å². The first-order valence-electron chi connectivity index (χ1n) is 7.97. The molecular weight excluding hydrogens is 366 g/mol. The second-order valence-corrected chi connectivity index (χ2v) is 6.26. The molecule has 10 heteroatoms. The molecule has 0 aromatic heterocycles. The van der Waals surface area contributed by atoms with Crippen LogP contribution in [-0.4, -0.2) is 41.8 Å². The Labute approximate surface area is 154 Å². The van der Waals surface area contributed by atoms with Gasteiger partial charge in [-0.15, -0.1) is 0 Å². The predicted octanol–water partition coefficient (Wildman–Crippen LogP) is 2.74. The van der Waals surface area contributed by atoms with E-state index in [2.05, 4.69) is 10.1 Å². The van der Waals surface area contributed by atoms with E-state index < -0.39 is 34.5 Å². The van der Waals surface area contributed by atoms with Crippen LogP contribution in [0, 0.1) is 16.0 Å². The summed E-state index contributed by atoms with van der Waals surface area (Å²) in [5.41, 5.74) is -1.69. The van der Waals surface area contributed by atoms with E-state index in [1.54, 1.807) is 20.8 Å². The molecule has 0 aliphatic heterocycles. The fourth-order valence-corrected chi connectivity index (χ4v) is 1.90. The lowest BCUT2D eigenvalue weighted by molar-refractivity contribution is -0.385. The number of nitro benzene ring substituents is 1. The van der Waals surface area contributed by atoms with Gasteiger partial charge in [-0.3, -0.25) is 14.9 Å². The molecule has 27 heavy (non-hydrogen) atoms. The van der Waals surface area contributed by atoms with Crippen LogP contribution in [0.25, 0.3) is 6.08 Å². The Bertz CT molecular complexity index is 720. The Balaban J connectivity index is 3.05. The molecule has 0 bridgehead atoms. The Morgan fingerprint density at radius 2 is 2.04 bits per heavy atom. The number of amides is 1. The molecule has 8 nitrogen and oxygen atoms in total. The number of aliphatic hydroxyl groups is 1. The zero-order valence-corrected chi connectivity index (χ0v) is 15.4. The second kappa shape index (κ2) is 9.26. The highest BCUT2D eigenvalue weighted by atomic mass is 19.3. The number of alkyl halides is 2. The van der Waals surface area contributed by atoms with Crippen molar-refractivity contribution in [1.29, 1.82) is 0 Å². The summed E-state index contributed by atoms with van der Waals surface area (Å²) in [6.07, 6.45) is 2.18. The van der Waals surface area contributed by atoms with Gasteiger partial charge in [0.05, 0.1) is 29.3 Å². The predicted molar refractivity (Wildman–Crippen MR) is 93.8 cm³/mol. The molecule has 1 aromatic rings. The number of carbonyl (C=O) groups is 1. The Morgan fingerprint density at radius 1 is 1.41 bits per heavy atom. The van der Waals surface area contributed by atoms with Gasteiger partial charge in [-0.25, -0.2) is 0 Å². The molecule has 0 radical (unpaired) electrons. The molecule has 1 amide bonds. The van der Waals surface area contributed by atoms with Crippen molar-refractivity contribution in [3.05, 3.63) is 33.9 Å². The van der Waals surface area contributed by atoms with E-state index in [0.717, 1.165) is 24.3 Å². The van der Waals surface area contributed by atoms with E-state index in [4.69, 9.17) is 4.74 Å². The summed E-state index contributed by atoms with van der Waals surface area (Å²) < 4.78 is 34.0. The highest BCUT2D eigenvalue weighted by Crippen LogP contribution is 2.36. The van der Waals surface area contributed by atoms with Crippen LogP contribution < -0.4 is 14.8 Å². The number of hydrogen-bond donors (Lipinski definition) is 2. The van der Waals surface area contributed by atoms with Gasteiger partial charge in [0.1, 0.15) is 0 Å². The number of benzene rings is 1. The summed E-state index contributed by atoms with van der Waals surface area (Å²) in [7, 11) is 1.19. The molecule has 0 saturated carbocycles. The maximum Gasteiger partial charge on any atom is 0.387 e. The van der Waals surface area contributed by atoms with Crippen molar-refractivity contribution in [1.82, 2.24) is 5.32 Å². The van der Waals surface area contributed by atoms with Crippen LogP contribution in [0.2, 0.25) is 0 Å². The number of carbonyl (C=O) groups excluding carboxylic acids is 1. The van der Waals surface area contributed by atoms with Gasteiger partial charge in [-0.05, 0) is 25.0 Å². The minimum absolute atomic E-state index is 0.0135. The molecule has 0 aliphatic carbocycles. The van der Waals surface area contributed by atoms with E-state index in [0.29, 0.717) is 0 Å². The maximum absolute atomic E-state index is 12.4. The average molecular weight is 388 g/mol. The normalized spacial score (nSPS) is 13.7. The monoisotopic (exact) mass is 388 g/mol. The molecule has 1 unspecified atom stereocenters. The molecule has 0 fully saturated rings. The lowest BCUT2D eigenvalue weighted by Gasteiger charge is -2.27. The van der Waals surface area contributed by atoms with Gasteiger partial charge < -0.3 is 19.9 Å². The molecule has 0 saturated heterocycles. The van der Waals surface area contributed by atoms with Gasteiger partial charge in [0, 0.05) is 12.6 Å². The summed E-state index contributed by atoms with van der Waals surface area (Å²) in [4.78, 5) is 22.3. The summed E-state index contributed by atoms with van der Waals surface area (Å²) in [6.45, 7) is 1.96. The molecule has 1 aromatic carbocycles. The summed E-state index contributed by atoms with van der Waals surface area (Å²) in [5, 5.41) is 23.8. The lowest BCUT2D eigenvalue weighted by Crippen LogP contribution is -2.43. The standard InChI is InChI=1S/C17H22F2N2O6/c1-10(2)17(3,23)9-20-15(22)6-5-11-7-13(26-4)14(27-16(18)19)8-12(11)21(24)25/h5-8,10,16,23H,9H2,1-4H3,(H,20,22)/b6-5+. The fraction of sp³-hybridized carbons (Fsp3) is 0.471. The molecule has 0 aliphatic rings. The van der Waals surface area contributed by atoms with Crippen molar-refractivity contribution in [3.63, 3.8) is 0 Å². The highest BCUT2D eigenvalue weighted by molar-refractivity contribution is 5.92. The van der Waals surface area contributed by atoms with E-state index >= 15 is 0 Å². The smallest absolute Gasteiger partial charge is 0.387 e. The Morgan fingerprint density at radius 3 is 2.52 bits per heavy atom. The Hall–Kier alpha value is -2.75. The number of methoxy groups -OCH3 is 1. The van der Waals surface area contributed by atoms with Gasteiger partial charge in [0.2, 0.25) is 5.91 Å². The zero-order chi connectivity index (χ0) is 20.8. The van der Waals surface area contributed by atoms with Gasteiger partial charge in [0.15, 0.2) is 11.5 Å². The minimum Gasteiger partial charge on any atom is -0.493 e. The third-order valence-electron chi connectivity index (χ3n) is 4.00. The van der Waals surface area contributed by atoms with Crippen molar-refractivity contribution < 1.29 is 33.1 Å². The molecule has 0 heterocycles. The number of rotatable bonds is 9. The van der Waals surface area contributed by atoms with Gasteiger partial charge in [-0.2, -0.15) is 8.78 Å². The SMILES string of the molecule is COc1cc(/C=C/C(=O)NCC(C)(O)C(C)C)c([N+](=O)[O-])cc1OC(F)F. The fourth-order valence-electron chi connectivity index (χ4n) is 1.90. The van der Waals surface area contributed by atoms with E-state index in [1.165, 1.54) is 7.11 Å². The minimum atomic E-state index is -3.18. The molecule has 0 spiro atoms. The average Bonchev–Trinajstić information content (AvgIpc) is 2.57. The second-order valence-electron chi connectivity index (χ2n) is 6.26. The number of nitrogens with one attached hydrogen (secondary N) is 1. The number of ether oxygens (including phenoxy) is 2. The lowest BCUT2D eigenvalue weighted by atomic mass is 9.92. The molecule has 150 valence electrons. The van der Waals surface area contributed by atoms with Gasteiger partial charge in [0.25, 0.3) is 5.69 Å². The van der Waals surface area contributed by atoms with Crippen LogP contribution in [0.4, 0.5) is 14.5 Å². The largest absolute Gasteiger partial charge is 0.493 e. The number of nitrogens with zero attached hydrogens (tertiary/aromatic N) is 1. The first-order chi connectivity index (χ1) is 12.5. The third kappa shape index (κ3) is 6.48. The molecule has 1 rings (SSSR count). The first-order valence-corrected chi connectivity index (χ1v) is 7.97. The van der Waals surface area contributed by atoms with Crippen LogP contribution in [-0.2, 0) is 4.79 Å². The zero-order valence-electron chi connectivity index (χ0n) is 15.4. The van der Waals surface area contributed by atoms with Crippen molar-refractivity contribution in [3.8, 4) is 11.5 Å². The molecular formula is C17H22F2N2O6. The summed E-state index contributed by atoms with van der Waals surface area (Å²) in [5.74, 6) is -1.33. The summed E-state index contributed by atoms with van der Waals surface area (Å²) in [6, 6.07) is 1.91.